The van der Waals surface area contributed by atoms with Gasteiger partial charge in [0.1, 0.15) is 34.5 Å². The Morgan fingerprint density at radius 3 is 1.87 bits per heavy atom. The van der Waals surface area contributed by atoms with Crippen molar-refractivity contribution in [1.82, 2.24) is 40.4 Å². The quantitative estimate of drug-likeness (QED) is 0.100. The summed E-state index contributed by atoms with van der Waals surface area (Å²) in [6, 6.07) is 11.6. The van der Waals surface area contributed by atoms with Crippen LogP contribution in [0.5, 0.6) is 0 Å². The minimum atomic E-state index is -1.21. The molecule has 4 heterocycles. The molecule has 2 aliphatic carbocycles. The number of H-pyrrole nitrogens is 2. The summed E-state index contributed by atoms with van der Waals surface area (Å²) >= 11 is 3.29. The number of imidazole rings is 2. The third-order valence-corrected chi connectivity index (χ3v) is 15.1. The topological polar surface area (TPSA) is 186 Å². The Balaban J connectivity index is 1.04. The number of aromatic nitrogens is 4. The molecule has 8 rings (SSSR count). The van der Waals surface area contributed by atoms with Crippen LogP contribution in [0.3, 0.4) is 0 Å². The molecule has 5 N–H and O–H groups in total. The molecule has 1 spiro atoms. The summed E-state index contributed by atoms with van der Waals surface area (Å²) < 4.78 is 4.81. The van der Waals surface area contributed by atoms with Gasteiger partial charge in [-0.3, -0.25) is 9.59 Å². The Hall–Kier alpha value is -4.96. The van der Waals surface area contributed by atoms with Crippen molar-refractivity contribution in [3.05, 3.63) is 71.6 Å². The number of amides is 4. The molecule has 0 radical (unpaired) electrons. The Labute approximate surface area is 358 Å². The number of nitrogens with zero attached hydrogens (tertiary/aromatic N) is 4. The number of hydrogen-bond acceptors (Lipinski definition) is 9. The zero-order chi connectivity index (χ0) is 42.3. The molecule has 14 nitrogen and oxygen atoms in total. The van der Waals surface area contributed by atoms with E-state index < -0.39 is 24.3 Å². The number of methoxy groups -OCH3 is 1. The minimum Gasteiger partial charge on any atom is -0.465 e. The van der Waals surface area contributed by atoms with E-state index in [4.69, 9.17) is 14.7 Å². The average Bonchev–Trinajstić information content (AvgIpc) is 4.10. The van der Waals surface area contributed by atoms with Gasteiger partial charge in [0.25, 0.3) is 0 Å². The van der Waals surface area contributed by atoms with Crippen LogP contribution >= 0.6 is 23.5 Å². The lowest BCUT2D eigenvalue weighted by molar-refractivity contribution is -0.135. The zero-order valence-electron chi connectivity index (χ0n) is 34.7. The molecule has 16 heteroatoms. The summed E-state index contributed by atoms with van der Waals surface area (Å²) in [6.45, 7) is 8.59. The molecule has 4 amide bonds. The van der Waals surface area contributed by atoms with Crippen LogP contribution in [0.2, 0.25) is 0 Å². The first-order chi connectivity index (χ1) is 28.9. The van der Waals surface area contributed by atoms with Crippen molar-refractivity contribution in [2.24, 2.45) is 11.8 Å². The highest BCUT2D eigenvalue weighted by atomic mass is 32.2. The lowest BCUT2D eigenvalue weighted by Crippen LogP contribution is -2.51. The van der Waals surface area contributed by atoms with Crippen molar-refractivity contribution in [1.29, 1.82) is 0 Å². The molecule has 2 aliphatic heterocycles. The van der Waals surface area contributed by atoms with E-state index in [9.17, 15) is 24.3 Å². The van der Waals surface area contributed by atoms with Gasteiger partial charge in [-0.15, -0.1) is 23.5 Å². The number of hydrogen-bond donors (Lipinski definition) is 5. The molecule has 2 aromatic heterocycles. The van der Waals surface area contributed by atoms with E-state index in [2.05, 4.69) is 57.0 Å². The highest BCUT2D eigenvalue weighted by Gasteiger charge is 2.44. The van der Waals surface area contributed by atoms with Crippen LogP contribution in [-0.2, 0) is 26.2 Å². The third-order valence-electron chi connectivity index (χ3n) is 12.7. The number of fused-ring (bicyclic) bond motifs is 2. The van der Waals surface area contributed by atoms with Crippen LogP contribution in [0.25, 0.3) is 33.6 Å². The Bertz CT molecular complexity index is 2250. The van der Waals surface area contributed by atoms with Crippen LogP contribution in [0, 0.1) is 11.8 Å². The summed E-state index contributed by atoms with van der Waals surface area (Å²) in [6.07, 6.45) is 8.78. The molecule has 0 unspecified atom stereocenters. The van der Waals surface area contributed by atoms with E-state index in [-0.39, 0.29) is 39.8 Å². The van der Waals surface area contributed by atoms with E-state index in [1.165, 1.54) is 49.5 Å². The summed E-state index contributed by atoms with van der Waals surface area (Å²) in [7, 11) is 1.30. The van der Waals surface area contributed by atoms with E-state index in [0.717, 1.165) is 58.2 Å². The number of aromatic amines is 2. The molecule has 4 atom stereocenters. The maximum atomic E-state index is 13.8. The second kappa shape index (κ2) is 17.2. The maximum absolute atomic E-state index is 13.8. The van der Waals surface area contributed by atoms with Crippen molar-refractivity contribution >= 4 is 47.5 Å². The SMILES string of the molecule is COC(=O)N[C@H](C(=O)N1CCS[C@H]1c1ncc(-c2ccc(-c3ccc(-c4cnc([C@@H]5SCCN5C(=O)[C@@H](NC(=O)O)C(C)C)[nH]4)cc3)c3c2CCC32CCCC2)[nH]1)C(C)C. The first kappa shape index (κ1) is 41.8. The zero-order valence-corrected chi connectivity index (χ0v) is 36.4. The van der Waals surface area contributed by atoms with Gasteiger partial charge in [0.15, 0.2) is 0 Å². The van der Waals surface area contributed by atoms with Gasteiger partial charge in [-0.2, -0.15) is 0 Å². The molecule has 3 fully saturated rings. The minimum absolute atomic E-state index is 0.116. The fraction of sp³-hybridized carbons (Fsp3) is 0.500. The number of alkyl carbamates (subject to hydrolysis) is 1. The van der Waals surface area contributed by atoms with Crippen LogP contribution in [0.15, 0.2) is 48.8 Å². The predicted octanol–water partition coefficient (Wildman–Crippen LogP) is 7.71. The summed E-state index contributed by atoms with van der Waals surface area (Å²) in [5.74, 6) is 2.21. The average molecular weight is 855 g/mol. The van der Waals surface area contributed by atoms with E-state index in [1.54, 1.807) is 34.6 Å². The second-order valence-corrected chi connectivity index (χ2v) is 19.4. The fourth-order valence-corrected chi connectivity index (χ4v) is 12.0. The number of benzene rings is 2. The van der Waals surface area contributed by atoms with Gasteiger partial charge >= 0.3 is 12.2 Å². The standard InChI is InChI=1S/C44H54N8O6S2/c1-24(2)34(49-42(55)56)38(53)51-18-20-59-40(51)36-45-22-31(47-36)27-10-8-26(9-11-27)28-12-13-29(30-14-17-44(33(28)30)15-6-7-16-44)32-23-46-37(48-32)41-52(19-21-60-41)39(54)35(25(3)4)50-43(57)58-5/h8-13,22-25,34-35,40-41,49H,6-7,14-21H2,1-5H3,(H,45,47)(H,46,48)(H,50,57)(H,55,56)/t34-,35-,40-,41-/m0/s1. The first-order valence-electron chi connectivity index (χ1n) is 20.9. The number of carboxylic acid groups (broad SMARTS) is 1. The van der Waals surface area contributed by atoms with E-state index in [1.807, 2.05) is 38.8 Å². The van der Waals surface area contributed by atoms with Gasteiger partial charge in [-0.1, -0.05) is 76.9 Å². The molecule has 318 valence electrons. The van der Waals surface area contributed by atoms with Crippen molar-refractivity contribution in [2.75, 3.05) is 31.7 Å². The van der Waals surface area contributed by atoms with Gasteiger partial charge in [0.05, 0.1) is 30.9 Å². The highest BCUT2D eigenvalue weighted by Crippen LogP contribution is 2.55. The number of carbonyl (C=O) groups is 4. The van der Waals surface area contributed by atoms with E-state index >= 15 is 0 Å². The summed E-state index contributed by atoms with van der Waals surface area (Å²) in [4.78, 5) is 71.0. The number of rotatable bonds is 11. The summed E-state index contributed by atoms with van der Waals surface area (Å²) in [5, 5.41) is 13.9. The Morgan fingerprint density at radius 2 is 1.30 bits per heavy atom. The molecule has 60 heavy (non-hydrogen) atoms. The number of ether oxygens (including phenoxy) is 1. The summed E-state index contributed by atoms with van der Waals surface area (Å²) in [5.41, 5.74) is 9.31. The largest absolute Gasteiger partial charge is 0.465 e. The molecule has 2 saturated heterocycles. The lowest BCUT2D eigenvalue weighted by atomic mass is 9.76. The van der Waals surface area contributed by atoms with Crippen molar-refractivity contribution in [3.63, 3.8) is 0 Å². The van der Waals surface area contributed by atoms with Crippen LogP contribution in [0.1, 0.15) is 93.3 Å². The van der Waals surface area contributed by atoms with Gasteiger partial charge in [0.2, 0.25) is 11.8 Å². The van der Waals surface area contributed by atoms with Gasteiger partial charge < -0.3 is 40.2 Å². The Morgan fingerprint density at radius 1 is 0.767 bits per heavy atom. The molecule has 1 saturated carbocycles. The van der Waals surface area contributed by atoms with Gasteiger partial charge in [0, 0.05) is 30.2 Å². The van der Waals surface area contributed by atoms with Crippen molar-refractivity contribution in [3.8, 4) is 33.6 Å². The first-order valence-corrected chi connectivity index (χ1v) is 23.0. The van der Waals surface area contributed by atoms with E-state index in [0.29, 0.717) is 18.9 Å². The lowest BCUT2D eigenvalue weighted by Gasteiger charge is -2.29. The number of carbonyl (C=O) groups excluding carboxylic acids is 3. The maximum Gasteiger partial charge on any atom is 0.407 e. The molecular formula is C44H54N8O6S2. The molecule has 4 aromatic rings. The van der Waals surface area contributed by atoms with Crippen molar-refractivity contribution in [2.45, 2.75) is 94.5 Å². The van der Waals surface area contributed by atoms with Gasteiger partial charge in [-0.25, -0.2) is 19.6 Å². The molecule has 0 bridgehead atoms. The molecule has 2 aromatic carbocycles. The van der Waals surface area contributed by atoms with Crippen molar-refractivity contribution < 1.29 is 29.0 Å². The Kier molecular flexibility index (Phi) is 12.0. The number of thioether (sulfide) groups is 2. The monoisotopic (exact) mass is 854 g/mol. The second-order valence-electron chi connectivity index (χ2n) is 17.0. The molecule has 4 aliphatic rings. The predicted molar refractivity (Wildman–Crippen MR) is 233 cm³/mol. The molecular weight excluding hydrogens is 801 g/mol. The number of nitrogens with one attached hydrogen (secondary N) is 4. The third kappa shape index (κ3) is 7.88. The fourth-order valence-electron chi connectivity index (χ4n) is 9.63. The highest BCUT2D eigenvalue weighted by molar-refractivity contribution is 8.00. The van der Waals surface area contributed by atoms with Crippen LogP contribution in [-0.4, -0.2) is 103 Å². The van der Waals surface area contributed by atoms with Crippen LogP contribution < -0.4 is 10.6 Å². The van der Waals surface area contributed by atoms with Gasteiger partial charge in [-0.05, 0) is 70.8 Å². The smallest absolute Gasteiger partial charge is 0.407 e. The van der Waals surface area contributed by atoms with Crippen LogP contribution in [0.4, 0.5) is 9.59 Å². The normalized spacial score (nSPS) is 20.5.